The van der Waals surface area contributed by atoms with Crippen LogP contribution in [-0.4, -0.2) is 34.0 Å². The zero-order chi connectivity index (χ0) is 22.0. The number of piperidine rings is 1. The van der Waals surface area contributed by atoms with Crippen molar-refractivity contribution in [3.8, 4) is 11.4 Å². The van der Waals surface area contributed by atoms with Crippen molar-refractivity contribution in [2.24, 2.45) is 5.92 Å². The van der Waals surface area contributed by atoms with Crippen LogP contribution in [0.4, 0.5) is 5.69 Å². The Labute approximate surface area is 183 Å². The van der Waals surface area contributed by atoms with E-state index in [0.717, 1.165) is 47.3 Å². The van der Waals surface area contributed by atoms with E-state index in [4.69, 9.17) is 4.52 Å². The summed E-state index contributed by atoms with van der Waals surface area (Å²) in [7, 11) is 0. The van der Waals surface area contributed by atoms with Crippen molar-refractivity contribution < 1.29 is 9.32 Å². The predicted molar refractivity (Wildman–Crippen MR) is 122 cm³/mol. The number of likely N-dealkylation sites (tertiary alicyclic amines) is 1. The van der Waals surface area contributed by atoms with E-state index in [1.54, 1.807) is 0 Å². The highest BCUT2D eigenvalue weighted by Crippen LogP contribution is 2.26. The van der Waals surface area contributed by atoms with Crippen molar-refractivity contribution in [3.05, 3.63) is 64.5 Å². The van der Waals surface area contributed by atoms with E-state index in [0.29, 0.717) is 24.8 Å². The van der Waals surface area contributed by atoms with Crippen LogP contribution in [0.5, 0.6) is 0 Å². The van der Waals surface area contributed by atoms with Crippen molar-refractivity contribution in [1.82, 2.24) is 15.0 Å². The molecule has 1 saturated heterocycles. The molecule has 1 fully saturated rings. The fourth-order valence-corrected chi connectivity index (χ4v) is 4.46. The highest BCUT2D eigenvalue weighted by Gasteiger charge is 2.27. The van der Waals surface area contributed by atoms with Gasteiger partial charge in [0, 0.05) is 17.8 Å². The van der Waals surface area contributed by atoms with E-state index in [1.165, 1.54) is 5.56 Å². The summed E-state index contributed by atoms with van der Waals surface area (Å²) < 4.78 is 5.51. The molecule has 2 aromatic carbocycles. The number of carbonyl (C=O) groups is 1. The number of nitrogens with zero attached hydrogens (tertiary/aromatic N) is 3. The molecule has 0 radical (unpaired) electrons. The van der Waals surface area contributed by atoms with Crippen LogP contribution in [0, 0.1) is 33.6 Å². The first-order valence-electron chi connectivity index (χ1n) is 10.9. The summed E-state index contributed by atoms with van der Waals surface area (Å²) in [5.41, 5.74) is 6.46. The van der Waals surface area contributed by atoms with Crippen molar-refractivity contribution >= 4 is 11.6 Å². The van der Waals surface area contributed by atoms with Gasteiger partial charge >= 0.3 is 0 Å². The Hall–Kier alpha value is -2.99. The van der Waals surface area contributed by atoms with Crippen molar-refractivity contribution in [2.75, 3.05) is 18.4 Å². The molecule has 1 atom stereocenters. The first kappa shape index (κ1) is 21.2. The smallest absolute Gasteiger partial charge is 0.241 e. The number of anilines is 1. The highest BCUT2D eigenvalue weighted by atomic mass is 16.5. The first-order chi connectivity index (χ1) is 14.9. The maximum absolute atomic E-state index is 13.0. The normalized spacial score (nSPS) is 17.0. The Bertz CT molecular complexity index is 1070. The number of benzene rings is 2. The average Bonchev–Trinajstić information content (AvgIpc) is 3.19. The van der Waals surface area contributed by atoms with Crippen LogP contribution in [-0.2, 0) is 11.3 Å². The lowest BCUT2D eigenvalue weighted by Crippen LogP contribution is -2.40. The van der Waals surface area contributed by atoms with Gasteiger partial charge in [-0.05, 0) is 63.8 Å². The minimum absolute atomic E-state index is 0.0485. The maximum Gasteiger partial charge on any atom is 0.241 e. The quantitative estimate of drug-likeness (QED) is 0.643. The minimum Gasteiger partial charge on any atom is -0.338 e. The summed E-state index contributed by atoms with van der Waals surface area (Å²) in [6.45, 7) is 10.4. The Balaban J connectivity index is 1.40. The van der Waals surface area contributed by atoms with Gasteiger partial charge < -0.3 is 9.84 Å². The number of aromatic nitrogens is 2. The standard InChI is InChI=1S/C25H30N4O2/c1-16-12-18(3)23(19(4)13-16)27-25(30)20-9-7-11-29(14-20)15-22-26-24(28-31-22)21-10-6-5-8-17(21)2/h5-6,8,10,12-13,20H,7,9,11,14-15H2,1-4H3,(H,27,30). The van der Waals surface area contributed by atoms with Gasteiger partial charge in [-0.15, -0.1) is 0 Å². The molecule has 4 rings (SSSR count). The van der Waals surface area contributed by atoms with Crippen LogP contribution >= 0.6 is 0 Å². The molecule has 1 unspecified atom stereocenters. The van der Waals surface area contributed by atoms with Crippen molar-refractivity contribution in [2.45, 2.75) is 47.1 Å². The van der Waals surface area contributed by atoms with Gasteiger partial charge in [-0.3, -0.25) is 9.69 Å². The molecule has 3 aromatic rings. The Morgan fingerprint density at radius 2 is 1.87 bits per heavy atom. The van der Waals surface area contributed by atoms with E-state index in [9.17, 15) is 4.79 Å². The Kier molecular flexibility index (Phi) is 6.18. The van der Waals surface area contributed by atoms with Gasteiger partial charge in [-0.2, -0.15) is 4.98 Å². The lowest BCUT2D eigenvalue weighted by Gasteiger charge is -2.31. The molecular formula is C25H30N4O2. The molecule has 6 nitrogen and oxygen atoms in total. The molecule has 2 heterocycles. The fraction of sp³-hybridized carbons (Fsp3) is 0.400. The molecule has 1 aliphatic rings. The molecule has 1 aromatic heterocycles. The van der Waals surface area contributed by atoms with Gasteiger partial charge in [0.05, 0.1) is 12.5 Å². The van der Waals surface area contributed by atoms with Crippen molar-refractivity contribution in [3.63, 3.8) is 0 Å². The van der Waals surface area contributed by atoms with Gasteiger partial charge in [0.15, 0.2) is 0 Å². The number of hydrogen-bond donors (Lipinski definition) is 1. The molecule has 1 amide bonds. The number of amides is 1. The third-order valence-electron chi connectivity index (χ3n) is 6.01. The zero-order valence-electron chi connectivity index (χ0n) is 18.7. The molecule has 0 bridgehead atoms. The molecule has 1 N–H and O–H groups in total. The van der Waals surface area contributed by atoms with Crippen LogP contribution in [0.2, 0.25) is 0 Å². The maximum atomic E-state index is 13.0. The van der Waals surface area contributed by atoms with E-state index >= 15 is 0 Å². The van der Waals surface area contributed by atoms with Gasteiger partial charge in [-0.1, -0.05) is 47.1 Å². The monoisotopic (exact) mass is 418 g/mol. The summed E-state index contributed by atoms with van der Waals surface area (Å²) in [4.78, 5) is 19.8. The largest absolute Gasteiger partial charge is 0.338 e. The van der Waals surface area contributed by atoms with Crippen molar-refractivity contribution in [1.29, 1.82) is 0 Å². The molecular weight excluding hydrogens is 388 g/mol. The molecule has 0 aliphatic carbocycles. The second kappa shape index (κ2) is 9.02. The van der Waals surface area contributed by atoms with E-state index in [1.807, 2.05) is 45.0 Å². The molecule has 6 heteroatoms. The van der Waals surface area contributed by atoms with Gasteiger partial charge in [0.1, 0.15) is 0 Å². The second-order valence-electron chi connectivity index (χ2n) is 8.66. The first-order valence-corrected chi connectivity index (χ1v) is 10.9. The van der Waals surface area contributed by atoms with Gasteiger partial charge in [0.2, 0.25) is 17.6 Å². The van der Waals surface area contributed by atoms with Crippen LogP contribution in [0.15, 0.2) is 40.9 Å². The third-order valence-corrected chi connectivity index (χ3v) is 6.01. The summed E-state index contributed by atoms with van der Waals surface area (Å²) in [5.74, 6) is 1.24. The Morgan fingerprint density at radius 1 is 1.13 bits per heavy atom. The molecule has 162 valence electrons. The summed E-state index contributed by atoms with van der Waals surface area (Å²) in [6.07, 6.45) is 1.87. The van der Waals surface area contributed by atoms with E-state index in [-0.39, 0.29) is 11.8 Å². The number of nitrogens with one attached hydrogen (secondary N) is 1. The number of hydrogen-bond acceptors (Lipinski definition) is 5. The third kappa shape index (κ3) is 4.85. The summed E-state index contributed by atoms with van der Waals surface area (Å²) in [5, 5.41) is 7.33. The van der Waals surface area contributed by atoms with Crippen LogP contribution in [0.3, 0.4) is 0 Å². The van der Waals surface area contributed by atoms with Gasteiger partial charge in [0.25, 0.3) is 0 Å². The molecule has 31 heavy (non-hydrogen) atoms. The van der Waals surface area contributed by atoms with Crippen LogP contribution in [0.25, 0.3) is 11.4 Å². The molecule has 0 spiro atoms. The predicted octanol–water partition coefficient (Wildman–Crippen LogP) is 4.82. The molecule has 0 saturated carbocycles. The van der Waals surface area contributed by atoms with E-state index in [2.05, 4.69) is 39.4 Å². The van der Waals surface area contributed by atoms with Crippen LogP contribution < -0.4 is 5.32 Å². The summed E-state index contributed by atoms with van der Waals surface area (Å²) >= 11 is 0. The number of rotatable bonds is 5. The second-order valence-corrected chi connectivity index (χ2v) is 8.66. The molecule has 1 aliphatic heterocycles. The minimum atomic E-state index is -0.0485. The Morgan fingerprint density at radius 3 is 2.61 bits per heavy atom. The highest BCUT2D eigenvalue weighted by molar-refractivity contribution is 5.94. The lowest BCUT2D eigenvalue weighted by atomic mass is 9.96. The van der Waals surface area contributed by atoms with Gasteiger partial charge in [-0.25, -0.2) is 0 Å². The summed E-state index contributed by atoms with van der Waals surface area (Å²) in [6, 6.07) is 12.2. The fourth-order valence-electron chi connectivity index (χ4n) is 4.46. The topological polar surface area (TPSA) is 71.3 Å². The lowest BCUT2D eigenvalue weighted by molar-refractivity contribution is -0.121. The average molecular weight is 419 g/mol. The van der Waals surface area contributed by atoms with Crippen LogP contribution in [0.1, 0.15) is 41.0 Å². The van der Waals surface area contributed by atoms with E-state index < -0.39 is 0 Å². The number of carbonyl (C=O) groups excluding carboxylic acids is 1. The zero-order valence-corrected chi connectivity index (χ0v) is 18.7. The SMILES string of the molecule is Cc1cc(C)c(NC(=O)C2CCCN(Cc3nc(-c4ccccc4C)no3)C2)c(C)c1. The number of aryl methyl sites for hydroxylation is 4.